The SMILES string of the molecule is C=C(c1nnc(-c2ccc(C(F)(F)F)cc2O)c2ccccc12)C1CCCN(C(=O)OC(C)(C)C)C1. The van der Waals surface area contributed by atoms with Crippen molar-refractivity contribution < 1.29 is 27.8 Å². The Balaban J connectivity index is 1.67. The molecule has 2 heterocycles. The van der Waals surface area contributed by atoms with E-state index in [9.17, 15) is 23.1 Å². The minimum Gasteiger partial charge on any atom is -0.507 e. The quantitative estimate of drug-likeness (QED) is 0.435. The van der Waals surface area contributed by atoms with Crippen LogP contribution in [0.3, 0.4) is 0 Å². The van der Waals surface area contributed by atoms with E-state index in [0.717, 1.165) is 24.5 Å². The third-order valence-corrected chi connectivity index (χ3v) is 6.14. The van der Waals surface area contributed by atoms with Crippen LogP contribution in [0.5, 0.6) is 5.75 Å². The topological polar surface area (TPSA) is 75.6 Å². The molecule has 9 heteroatoms. The monoisotopic (exact) mass is 499 g/mol. The number of fused-ring (bicyclic) bond motifs is 1. The van der Waals surface area contributed by atoms with Gasteiger partial charge in [-0.2, -0.15) is 13.2 Å². The zero-order valence-corrected chi connectivity index (χ0v) is 20.4. The van der Waals surface area contributed by atoms with Crippen LogP contribution in [0.4, 0.5) is 18.0 Å². The lowest BCUT2D eigenvalue weighted by molar-refractivity contribution is -0.137. The van der Waals surface area contributed by atoms with E-state index >= 15 is 0 Å². The summed E-state index contributed by atoms with van der Waals surface area (Å²) in [5.41, 5.74) is 0.150. The van der Waals surface area contributed by atoms with Gasteiger partial charge in [-0.1, -0.05) is 30.8 Å². The highest BCUT2D eigenvalue weighted by molar-refractivity contribution is 6.00. The van der Waals surface area contributed by atoms with Gasteiger partial charge in [0.25, 0.3) is 0 Å². The Morgan fingerprint density at radius 2 is 1.81 bits per heavy atom. The molecule has 6 nitrogen and oxygen atoms in total. The average Bonchev–Trinajstić information content (AvgIpc) is 2.81. The minimum absolute atomic E-state index is 0.0608. The lowest BCUT2D eigenvalue weighted by Gasteiger charge is -2.35. The molecule has 0 aliphatic carbocycles. The lowest BCUT2D eigenvalue weighted by atomic mass is 9.87. The van der Waals surface area contributed by atoms with Crippen molar-refractivity contribution in [2.24, 2.45) is 5.92 Å². The first-order valence-electron chi connectivity index (χ1n) is 11.7. The highest BCUT2D eigenvalue weighted by atomic mass is 19.4. The van der Waals surface area contributed by atoms with Gasteiger partial charge in [0.2, 0.25) is 0 Å². The molecule has 36 heavy (non-hydrogen) atoms. The highest BCUT2D eigenvalue weighted by Gasteiger charge is 2.32. The second-order valence-corrected chi connectivity index (χ2v) is 9.96. The molecule has 1 aromatic heterocycles. The number of hydrogen-bond donors (Lipinski definition) is 1. The van der Waals surface area contributed by atoms with Gasteiger partial charge in [0.1, 0.15) is 17.0 Å². The summed E-state index contributed by atoms with van der Waals surface area (Å²) in [6, 6.07) is 10.0. The maximum atomic E-state index is 13.1. The molecule has 3 aromatic rings. The molecule has 1 unspecified atom stereocenters. The number of amides is 1. The number of aromatic hydroxyl groups is 1. The van der Waals surface area contributed by atoms with Crippen molar-refractivity contribution >= 4 is 22.4 Å². The fraction of sp³-hybridized carbons (Fsp3) is 0.370. The van der Waals surface area contributed by atoms with Crippen LogP contribution in [0.1, 0.15) is 44.9 Å². The van der Waals surface area contributed by atoms with E-state index in [1.807, 2.05) is 32.9 Å². The normalized spacial score (nSPS) is 16.7. The number of alkyl halides is 3. The van der Waals surface area contributed by atoms with Crippen LogP contribution in [0.25, 0.3) is 27.6 Å². The standard InChI is InChI=1S/C27H28F3N3O3/c1-16(17-8-7-13-33(15-17)25(35)36-26(2,3)4)23-19-9-5-6-10-20(19)24(32-31-23)21-12-11-18(14-22(21)34)27(28,29)30/h5-6,9-12,14,17,34H,1,7-8,13,15H2,2-4H3. The van der Waals surface area contributed by atoms with Crippen LogP contribution < -0.4 is 0 Å². The minimum atomic E-state index is -4.57. The fourth-order valence-electron chi connectivity index (χ4n) is 4.40. The van der Waals surface area contributed by atoms with Gasteiger partial charge < -0.3 is 14.7 Å². The first-order valence-corrected chi connectivity index (χ1v) is 11.7. The molecular formula is C27H28F3N3O3. The summed E-state index contributed by atoms with van der Waals surface area (Å²) in [4.78, 5) is 14.3. The first kappa shape index (κ1) is 25.5. The molecule has 1 saturated heterocycles. The number of benzene rings is 2. The smallest absolute Gasteiger partial charge is 0.416 e. The van der Waals surface area contributed by atoms with E-state index in [4.69, 9.17) is 4.74 Å². The molecule has 0 bridgehead atoms. The van der Waals surface area contributed by atoms with Gasteiger partial charge in [0.05, 0.1) is 11.3 Å². The van der Waals surface area contributed by atoms with Crippen molar-refractivity contribution in [3.63, 3.8) is 0 Å². The Kier molecular flexibility index (Phi) is 6.68. The number of halogens is 3. The zero-order valence-electron chi connectivity index (χ0n) is 20.4. The van der Waals surface area contributed by atoms with Crippen molar-refractivity contribution in [1.82, 2.24) is 15.1 Å². The summed E-state index contributed by atoms with van der Waals surface area (Å²) in [5, 5.41) is 20.4. The Hall–Kier alpha value is -3.62. The molecule has 0 spiro atoms. The molecule has 4 rings (SSSR count). The molecular weight excluding hydrogens is 471 g/mol. The fourth-order valence-corrected chi connectivity index (χ4v) is 4.40. The third-order valence-electron chi connectivity index (χ3n) is 6.14. The second kappa shape index (κ2) is 9.44. The van der Waals surface area contributed by atoms with Gasteiger partial charge in [-0.3, -0.25) is 0 Å². The number of carbonyl (C=O) groups excluding carboxylic acids is 1. The summed E-state index contributed by atoms with van der Waals surface area (Å²) in [5.74, 6) is -0.592. The van der Waals surface area contributed by atoms with Crippen LogP contribution in [0.2, 0.25) is 0 Å². The van der Waals surface area contributed by atoms with Crippen molar-refractivity contribution in [3.8, 4) is 17.0 Å². The summed E-state index contributed by atoms with van der Waals surface area (Å²) in [7, 11) is 0. The molecule has 1 atom stereocenters. The number of rotatable bonds is 3. The number of phenolic OH excluding ortho intramolecular Hbond substituents is 1. The van der Waals surface area contributed by atoms with Gasteiger partial charge in [0, 0.05) is 35.3 Å². The van der Waals surface area contributed by atoms with E-state index in [0.29, 0.717) is 35.6 Å². The van der Waals surface area contributed by atoms with E-state index in [1.165, 1.54) is 6.07 Å². The highest BCUT2D eigenvalue weighted by Crippen LogP contribution is 2.40. The predicted octanol–water partition coefficient (Wildman–Crippen LogP) is 6.68. The van der Waals surface area contributed by atoms with Crippen molar-refractivity contribution in [3.05, 3.63) is 60.3 Å². The number of hydrogen-bond acceptors (Lipinski definition) is 5. The van der Waals surface area contributed by atoms with Crippen molar-refractivity contribution in [2.75, 3.05) is 13.1 Å². The Morgan fingerprint density at radius 1 is 1.11 bits per heavy atom. The van der Waals surface area contributed by atoms with Crippen molar-refractivity contribution in [2.45, 2.75) is 45.4 Å². The summed E-state index contributed by atoms with van der Waals surface area (Å²) in [6.45, 7) is 10.8. The molecule has 2 aromatic carbocycles. The molecule has 1 N–H and O–H groups in total. The Morgan fingerprint density at radius 3 is 2.44 bits per heavy atom. The largest absolute Gasteiger partial charge is 0.507 e. The van der Waals surface area contributed by atoms with Crippen LogP contribution >= 0.6 is 0 Å². The second-order valence-electron chi connectivity index (χ2n) is 9.96. The van der Waals surface area contributed by atoms with Gasteiger partial charge in [0.15, 0.2) is 0 Å². The van der Waals surface area contributed by atoms with E-state index < -0.39 is 23.1 Å². The van der Waals surface area contributed by atoms with Crippen LogP contribution in [-0.2, 0) is 10.9 Å². The summed E-state index contributed by atoms with van der Waals surface area (Å²) in [6.07, 6.45) is -3.34. The van der Waals surface area contributed by atoms with Gasteiger partial charge in [-0.25, -0.2) is 4.79 Å². The predicted molar refractivity (Wildman–Crippen MR) is 131 cm³/mol. The molecule has 1 aliphatic rings. The molecule has 190 valence electrons. The van der Waals surface area contributed by atoms with E-state index in [1.54, 1.807) is 17.0 Å². The third kappa shape index (κ3) is 5.29. The zero-order chi connectivity index (χ0) is 26.3. The number of nitrogens with zero attached hydrogens (tertiary/aromatic N) is 3. The molecule has 1 amide bonds. The van der Waals surface area contributed by atoms with Crippen LogP contribution in [0, 0.1) is 5.92 Å². The Labute approximate surface area is 207 Å². The number of piperidine rings is 1. The number of phenols is 1. The maximum absolute atomic E-state index is 13.1. The lowest BCUT2D eigenvalue weighted by Crippen LogP contribution is -2.43. The average molecular weight is 500 g/mol. The molecule has 0 saturated carbocycles. The molecule has 1 fully saturated rings. The first-order chi connectivity index (χ1) is 16.8. The number of carbonyl (C=O) groups is 1. The molecule has 0 radical (unpaired) electrons. The summed E-state index contributed by atoms with van der Waals surface area (Å²) >= 11 is 0. The van der Waals surface area contributed by atoms with Crippen LogP contribution in [0.15, 0.2) is 49.0 Å². The summed E-state index contributed by atoms with van der Waals surface area (Å²) < 4.78 is 44.7. The number of likely N-dealkylation sites (tertiary alicyclic amines) is 1. The molecule has 1 aliphatic heterocycles. The number of aromatic nitrogens is 2. The van der Waals surface area contributed by atoms with Gasteiger partial charge >= 0.3 is 12.3 Å². The maximum Gasteiger partial charge on any atom is 0.416 e. The van der Waals surface area contributed by atoms with Crippen LogP contribution in [-0.4, -0.2) is 45.0 Å². The van der Waals surface area contributed by atoms with Gasteiger partial charge in [-0.05, 0) is 57.4 Å². The van der Waals surface area contributed by atoms with E-state index in [-0.39, 0.29) is 23.3 Å². The van der Waals surface area contributed by atoms with Crippen molar-refractivity contribution in [1.29, 1.82) is 0 Å². The Bertz CT molecular complexity index is 1320. The van der Waals surface area contributed by atoms with E-state index in [2.05, 4.69) is 16.8 Å². The van der Waals surface area contributed by atoms with Gasteiger partial charge in [-0.15, -0.1) is 10.2 Å². The number of ether oxygens (including phenoxy) is 1.